The van der Waals surface area contributed by atoms with Crippen molar-refractivity contribution < 1.29 is 9.90 Å². The van der Waals surface area contributed by atoms with E-state index in [1.165, 1.54) is 6.42 Å². The summed E-state index contributed by atoms with van der Waals surface area (Å²) in [5, 5.41) is 12.0. The van der Waals surface area contributed by atoms with Gasteiger partial charge in [-0.1, -0.05) is 50.1 Å². The van der Waals surface area contributed by atoms with Gasteiger partial charge in [-0.25, -0.2) is 0 Å². The minimum Gasteiger partial charge on any atom is -0.508 e. The molecule has 0 aliphatic heterocycles. The molecule has 3 heteroatoms. The predicted molar refractivity (Wildman–Crippen MR) is 86.4 cm³/mol. The van der Waals surface area contributed by atoms with E-state index in [0.29, 0.717) is 12.1 Å². The molecule has 3 nitrogen and oxygen atoms in total. The Morgan fingerprint density at radius 2 is 1.52 bits per heavy atom. The number of amides is 1. The van der Waals surface area contributed by atoms with Crippen molar-refractivity contribution >= 4 is 5.91 Å². The first-order valence-corrected chi connectivity index (χ1v) is 7.19. The average Bonchev–Trinajstić information content (AvgIpc) is 2.48. The molecule has 0 radical (unpaired) electrons. The fourth-order valence-electron chi connectivity index (χ4n) is 1.60. The number of hydrogen-bond donors (Lipinski definition) is 2. The molecule has 0 aliphatic carbocycles. The third kappa shape index (κ3) is 6.13. The van der Waals surface area contributed by atoms with E-state index in [0.717, 1.165) is 11.1 Å². The van der Waals surface area contributed by atoms with Crippen molar-refractivity contribution in [3.8, 4) is 5.75 Å². The Kier molecular flexibility index (Phi) is 7.02. The summed E-state index contributed by atoms with van der Waals surface area (Å²) in [5.74, 6) is 0.131. The lowest BCUT2D eigenvalue weighted by molar-refractivity contribution is 0.0951. The summed E-state index contributed by atoms with van der Waals surface area (Å²) < 4.78 is 0. The Hall–Kier alpha value is -2.29. The highest BCUT2D eigenvalue weighted by Gasteiger charge is 2.04. The summed E-state index contributed by atoms with van der Waals surface area (Å²) in [4.78, 5) is 11.8. The van der Waals surface area contributed by atoms with Crippen molar-refractivity contribution in [1.82, 2.24) is 5.32 Å². The summed E-state index contributed by atoms with van der Waals surface area (Å²) in [6, 6.07) is 14.2. The van der Waals surface area contributed by atoms with Gasteiger partial charge in [0.05, 0.1) is 0 Å². The third-order valence-electron chi connectivity index (χ3n) is 2.70. The van der Waals surface area contributed by atoms with Crippen LogP contribution in [0.5, 0.6) is 5.75 Å². The molecular weight excluding hydrogens is 262 g/mol. The van der Waals surface area contributed by atoms with Gasteiger partial charge in [0.2, 0.25) is 0 Å². The number of hydrogen-bond acceptors (Lipinski definition) is 2. The second-order valence-corrected chi connectivity index (χ2v) is 4.92. The molecule has 0 unspecified atom stereocenters. The molecule has 1 amide bonds. The van der Waals surface area contributed by atoms with E-state index < -0.39 is 0 Å². The standard InChI is InChI=1S/C15H15NO2.C3H8/c1-11-2-6-13(7-3-11)15(18)16-10-12-4-8-14(17)9-5-12;1-3-2/h2-9,17H,10H2,1H3,(H,16,18);3H2,1-2H3. The second kappa shape index (κ2) is 8.80. The first kappa shape index (κ1) is 16.8. The minimum atomic E-state index is -0.0944. The monoisotopic (exact) mass is 285 g/mol. The lowest BCUT2D eigenvalue weighted by Gasteiger charge is -2.05. The molecule has 0 saturated carbocycles. The normalized spacial score (nSPS) is 9.48. The van der Waals surface area contributed by atoms with Gasteiger partial charge in [-0.2, -0.15) is 0 Å². The molecule has 0 heterocycles. The van der Waals surface area contributed by atoms with Gasteiger partial charge < -0.3 is 10.4 Å². The fraction of sp³-hybridized carbons (Fsp3) is 0.278. The number of benzene rings is 2. The van der Waals surface area contributed by atoms with Crippen molar-refractivity contribution in [2.75, 3.05) is 0 Å². The van der Waals surface area contributed by atoms with Crippen LogP contribution in [0.3, 0.4) is 0 Å². The van der Waals surface area contributed by atoms with Gasteiger partial charge in [-0.15, -0.1) is 0 Å². The number of carbonyl (C=O) groups excluding carboxylic acids is 1. The molecule has 0 saturated heterocycles. The summed E-state index contributed by atoms with van der Waals surface area (Å²) in [5.41, 5.74) is 2.73. The van der Waals surface area contributed by atoms with E-state index in [1.807, 2.05) is 31.2 Å². The topological polar surface area (TPSA) is 49.3 Å². The van der Waals surface area contributed by atoms with Crippen LogP contribution in [0.25, 0.3) is 0 Å². The van der Waals surface area contributed by atoms with Crippen LogP contribution in [0.2, 0.25) is 0 Å². The van der Waals surface area contributed by atoms with E-state index in [9.17, 15) is 4.79 Å². The van der Waals surface area contributed by atoms with E-state index in [1.54, 1.807) is 24.3 Å². The van der Waals surface area contributed by atoms with E-state index in [-0.39, 0.29) is 11.7 Å². The van der Waals surface area contributed by atoms with Gasteiger partial charge in [0, 0.05) is 12.1 Å². The third-order valence-corrected chi connectivity index (χ3v) is 2.70. The zero-order valence-electron chi connectivity index (χ0n) is 12.9. The van der Waals surface area contributed by atoms with Crippen LogP contribution >= 0.6 is 0 Å². The number of phenolic OH excluding ortho intramolecular Hbond substituents is 1. The van der Waals surface area contributed by atoms with E-state index in [2.05, 4.69) is 19.2 Å². The summed E-state index contributed by atoms with van der Waals surface area (Å²) in [7, 11) is 0. The maximum Gasteiger partial charge on any atom is 0.251 e. The first-order chi connectivity index (χ1) is 10.1. The quantitative estimate of drug-likeness (QED) is 0.894. The van der Waals surface area contributed by atoms with Gasteiger partial charge in [-0.05, 0) is 36.8 Å². The number of rotatable bonds is 3. The molecule has 0 spiro atoms. The smallest absolute Gasteiger partial charge is 0.251 e. The molecule has 0 atom stereocenters. The van der Waals surface area contributed by atoms with Crippen LogP contribution in [0.1, 0.15) is 41.8 Å². The van der Waals surface area contributed by atoms with Gasteiger partial charge in [0.15, 0.2) is 0 Å². The zero-order chi connectivity index (χ0) is 15.7. The maximum atomic E-state index is 11.8. The molecule has 21 heavy (non-hydrogen) atoms. The molecule has 2 N–H and O–H groups in total. The molecule has 0 aliphatic rings. The van der Waals surface area contributed by atoms with E-state index >= 15 is 0 Å². The molecule has 0 bridgehead atoms. The van der Waals surface area contributed by atoms with Crippen molar-refractivity contribution in [1.29, 1.82) is 0 Å². The molecular formula is C18H23NO2. The minimum absolute atomic E-state index is 0.0944. The Morgan fingerprint density at radius 1 is 1.00 bits per heavy atom. The van der Waals surface area contributed by atoms with E-state index in [4.69, 9.17) is 5.11 Å². The van der Waals surface area contributed by atoms with Gasteiger partial charge in [-0.3, -0.25) is 4.79 Å². The van der Waals surface area contributed by atoms with Crippen molar-refractivity contribution in [2.45, 2.75) is 33.7 Å². The Balaban J connectivity index is 0.000000677. The number of carbonyl (C=O) groups is 1. The molecule has 112 valence electrons. The largest absolute Gasteiger partial charge is 0.508 e. The van der Waals surface area contributed by atoms with Crippen LogP contribution in [-0.4, -0.2) is 11.0 Å². The SMILES string of the molecule is CCC.Cc1ccc(C(=O)NCc2ccc(O)cc2)cc1. The Bertz CT molecular complexity index is 544. The zero-order valence-corrected chi connectivity index (χ0v) is 12.9. The highest BCUT2D eigenvalue weighted by molar-refractivity contribution is 5.94. The van der Waals surface area contributed by atoms with Crippen LogP contribution in [-0.2, 0) is 6.54 Å². The highest BCUT2D eigenvalue weighted by atomic mass is 16.3. The van der Waals surface area contributed by atoms with Gasteiger partial charge in [0.25, 0.3) is 5.91 Å². The summed E-state index contributed by atoms with van der Waals surface area (Å²) >= 11 is 0. The van der Waals surface area contributed by atoms with Gasteiger partial charge in [0.1, 0.15) is 5.75 Å². The first-order valence-electron chi connectivity index (χ1n) is 7.19. The maximum absolute atomic E-state index is 11.8. The van der Waals surface area contributed by atoms with Gasteiger partial charge >= 0.3 is 0 Å². The lowest BCUT2D eigenvalue weighted by Crippen LogP contribution is -2.22. The van der Waals surface area contributed by atoms with Crippen molar-refractivity contribution in [2.24, 2.45) is 0 Å². The average molecular weight is 285 g/mol. The molecule has 0 aromatic heterocycles. The van der Waals surface area contributed by atoms with Crippen molar-refractivity contribution in [3.63, 3.8) is 0 Å². The summed E-state index contributed by atoms with van der Waals surface area (Å²) in [6.07, 6.45) is 1.25. The lowest BCUT2D eigenvalue weighted by atomic mass is 10.1. The number of phenols is 1. The fourth-order valence-corrected chi connectivity index (χ4v) is 1.60. The number of aromatic hydroxyl groups is 1. The van der Waals surface area contributed by atoms with Crippen LogP contribution in [0.4, 0.5) is 0 Å². The van der Waals surface area contributed by atoms with Crippen LogP contribution in [0.15, 0.2) is 48.5 Å². The summed E-state index contributed by atoms with van der Waals surface area (Å²) in [6.45, 7) is 6.69. The number of aryl methyl sites for hydroxylation is 1. The Morgan fingerprint density at radius 3 is 2.05 bits per heavy atom. The highest BCUT2D eigenvalue weighted by Crippen LogP contribution is 2.09. The Labute approximate surface area is 126 Å². The van der Waals surface area contributed by atoms with Crippen LogP contribution < -0.4 is 5.32 Å². The molecule has 2 aromatic rings. The molecule has 2 aromatic carbocycles. The predicted octanol–water partition coefficient (Wildman–Crippen LogP) is 4.05. The van der Waals surface area contributed by atoms with Crippen molar-refractivity contribution in [3.05, 3.63) is 65.2 Å². The van der Waals surface area contributed by atoms with Crippen LogP contribution in [0, 0.1) is 6.92 Å². The number of nitrogens with one attached hydrogen (secondary N) is 1. The molecule has 2 rings (SSSR count). The molecule has 0 fully saturated rings. The second-order valence-electron chi connectivity index (χ2n) is 4.92.